The van der Waals surface area contributed by atoms with Crippen molar-refractivity contribution in [3.8, 4) is 17.2 Å². The maximum atomic E-state index is 12.7. The fourth-order valence-electron chi connectivity index (χ4n) is 3.21. The number of hydrogen-bond acceptors (Lipinski definition) is 5. The highest BCUT2D eigenvalue weighted by atomic mass is 16.7. The second kappa shape index (κ2) is 7.01. The molecule has 3 heterocycles. The predicted molar refractivity (Wildman–Crippen MR) is 90.7 cm³/mol. The van der Waals surface area contributed by atoms with Crippen LogP contribution in [0.1, 0.15) is 18.4 Å². The van der Waals surface area contributed by atoms with Gasteiger partial charge in [0.2, 0.25) is 12.7 Å². The highest BCUT2D eigenvalue weighted by molar-refractivity contribution is 5.79. The van der Waals surface area contributed by atoms with Crippen molar-refractivity contribution in [2.45, 2.75) is 25.4 Å². The molecule has 4 rings (SSSR count). The summed E-state index contributed by atoms with van der Waals surface area (Å²) in [6.07, 6.45) is 5.70. The Morgan fingerprint density at radius 1 is 1.20 bits per heavy atom. The van der Waals surface area contributed by atoms with Gasteiger partial charge in [0, 0.05) is 18.9 Å². The summed E-state index contributed by atoms with van der Waals surface area (Å²) in [5.41, 5.74) is 0.937. The molecule has 0 radical (unpaired) electrons. The normalized spacial score (nSPS) is 18.9. The van der Waals surface area contributed by atoms with Crippen molar-refractivity contribution in [3.63, 3.8) is 0 Å². The van der Waals surface area contributed by atoms with Crippen molar-refractivity contribution in [1.29, 1.82) is 0 Å². The molecule has 0 N–H and O–H groups in total. The predicted octanol–water partition coefficient (Wildman–Crippen LogP) is 2.42. The van der Waals surface area contributed by atoms with E-state index in [0.717, 1.165) is 36.4 Å². The molecule has 130 valence electrons. The topological polar surface area (TPSA) is 60.9 Å². The van der Waals surface area contributed by atoms with E-state index in [0.29, 0.717) is 18.7 Å². The van der Waals surface area contributed by atoms with Crippen LogP contribution in [0.2, 0.25) is 0 Å². The molecule has 0 saturated carbocycles. The van der Waals surface area contributed by atoms with Crippen molar-refractivity contribution in [2.24, 2.45) is 0 Å². The summed E-state index contributed by atoms with van der Waals surface area (Å²) in [6.45, 7) is 1.64. The molecule has 1 atom stereocenters. The highest BCUT2D eigenvalue weighted by Crippen LogP contribution is 2.32. The molecule has 1 aromatic heterocycles. The van der Waals surface area contributed by atoms with Crippen LogP contribution in [0.15, 0.2) is 42.7 Å². The number of aromatic nitrogens is 1. The van der Waals surface area contributed by atoms with Crippen molar-refractivity contribution in [3.05, 3.63) is 48.3 Å². The Morgan fingerprint density at radius 2 is 2.04 bits per heavy atom. The summed E-state index contributed by atoms with van der Waals surface area (Å²) in [4.78, 5) is 18.5. The SMILES string of the molecule is O=C(Cc1ccc2c(c1)OCO2)N1CCCC(Oc2ccncc2)C1. The molecular weight excluding hydrogens is 320 g/mol. The number of carbonyl (C=O) groups is 1. The number of ether oxygens (including phenoxy) is 3. The minimum atomic E-state index is 0.0249. The van der Waals surface area contributed by atoms with Gasteiger partial charge in [0.05, 0.1) is 13.0 Å². The molecular formula is C19H20N2O4. The average Bonchev–Trinajstić information content (AvgIpc) is 3.10. The maximum absolute atomic E-state index is 12.7. The first kappa shape index (κ1) is 15.7. The van der Waals surface area contributed by atoms with Crippen molar-refractivity contribution >= 4 is 5.91 Å². The zero-order valence-corrected chi connectivity index (χ0v) is 13.9. The van der Waals surface area contributed by atoms with E-state index in [1.165, 1.54) is 0 Å². The van der Waals surface area contributed by atoms with E-state index < -0.39 is 0 Å². The fourth-order valence-corrected chi connectivity index (χ4v) is 3.21. The van der Waals surface area contributed by atoms with Crippen LogP contribution < -0.4 is 14.2 Å². The molecule has 25 heavy (non-hydrogen) atoms. The third kappa shape index (κ3) is 3.68. The average molecular weight is 340 g/mol. The zero-order chi connectivity index (χ0) is 17.1. The molecule has 1 aromatic carbocycles. The molecule has 2 aliphatic heterocycles. The first-order chi connectivity index (χ1) is 12.3. The third-order valence-corrected chi connectivity index (χ3v) is 4.48. The van der Waals surface area contributed by atoms with Crippen LogP contribution in [0.5, 0.6) is 17.2 Å². The Balaban J connectivity index is 1.36. The van der Waals surface area contributed by atoms with Crippen LogP contribution in [0.3, 0.4) is 0 Å². The number of likely N-dealkylation sites (tertiary alicyclic amines) is 1. The Labute approximate surface area is 146 Å². The van der Waals surface area contributed by atoms with E-state index in [2.05, 4.69) is 4.98 Å². The molecule has 0 aliphatic carbocycles. The van der Waals surface area contributed by atoms with Crippen molar-refractivity contribution in [2.75, 3.05) is 19.9 Å². The molecule has 1 fully saturated rings. The van der Waals surface area contributed by atoms with E-state index in [-0.39, 0.29) is 18.8 Å². The van der Waals surface area contributed by atoms with Gasteiger partial charge in [0.25, 0.3) is 0 Å². The van der Waals surface area contributed by atoms with Gasteiger partial charge in [-0.25, -0.2) is 0 Å². The number of hydrogen-bond donors (Lipinski definition) is 0. The lowest BCUT2D eigenvalue weighted by molar-refractivity contribution is -0.133. The molecule has 0 bridgehead atoms. The van der Waals surface area contributed by atoms with Gasteiger partial charge in [-0.1, -0.05) is 6.07 Å². The molecule has 1 unspecified atom stereocenters. The highest BCUT2D eigenvalue weighted by Gasteiger charge is 2.25. The van der Waals surface area contributed by atoms with Crippen LogP contribution >= 0.6 is 0 Å². The van der Waals surface area contributed by atoms with E-state index >= 15 is 0 Å². The first-order valence-corrected chi connectivity index (χ1v) is 8.51. The van der Waals surface area contributed by atoms with Crippen molar-refractivity contribution < 1.29 is 19.0 Å². The van der Waals surface area contributed by atoms with E-state index in [1.54, 1.807) is 12.4 Å². The summed E-state index contributed by atoms with van der Waals surface area (Å²) in [5, 5.41) is 0. The number of rotatable bonds is 4. The van der Waals surface area contributed by atoms with Gasteiger partial charge in [-0.05, 0) is 42.7 Å². The number of piperidine rings is 1. The molecule has 6 nitrogen and oxygen atoms in total. The van der Waals surface area contributed by atoms with Gasteiger partial charge >= 0.3 is 0 Å². The summed E-state index contributed by atoms with van der Waals surface area (Å²) in [7, 11) is 0. The van der Waals surface area contributed by atoms with E-state index in [1.807, 2.05) is 35.2 Å². The number of pyridine rings is 1. The monoisotopic (exact) mass is 340 g/mol. The fraction of sp³-hybridized carbons (Fsp3) is 0.368. The summed E-state index contributed by atoms with van der Waals surface area (Å²) in [5.74, 6) is 2.36. The Hall–Kier alpha value is -2.76. The smallest absolute Gasteiger partial charge is 0.231 e. The van der Waals surface area contributed by atoms with Crippen LogP contribution in [-0.2, 0) is 11.2 Å². The maximum Gasteiger partial charge on any atom is 0.231 e. The molecule has 0 spiro atoms. The summed E-state index contributed by atoms with van der Waals surface area (Å²) >= 11 is 0. The minimum Gasteiger partial charge on any atom is -0.488 e. The van der Waals surface area contributed by atoms with Crippen LogP contribution in [-0.4, -0.2) is 41.8 Å². The first-order valence-electron chi connectivity index (χ1n) is 8.51. The van der Waals surface area contributed by atoms with Gasteiger partial charge in [0.15, 0.2) is 11.5 Å². The summed E-state index contributed by atoms with van der Waals surface area (Å²) in [6, 6.07) is 9.34. The quantitative estimate of drug-likeness (QED) is 0.855. The van der Waals surface area contributed by atoms with E-state index in [4.69, 9.17) is 14.2 Å². The molecule has 2 aromatic rings. The number of amides is 1. The third-order valence-electron chi connectivity index (χ3n) is 4.48. The zero-order valence-electron chi connectivity index (χ0n) is 13.9. The lowest BCUT2D eigenvalue weighted by Crippen LogP contribution is -2.45. The lowest BCUT2D eigenvalue weighted by atomic mass is 10.1. The van der Waals surface area contributed by atoms with E-state index in [9.17, 15) is 4.79 Å². The Morgan fingerprint density at radius 3 is 2.92 bits per heavy atom. The van der Waals surface area contributed by atoms with Gasteiger partial charge < -0.3 is 19.1 Å². The molecule has 2 aliphatic rings. The van der Waals surface area contributed by atoms with Crippen LogP contribution in [0, 0.1) is 0 Å². The van der Waals surface area contributed by atoms with Gasteiger partial charge in [-0.15, -0.1) is 0 Å². The standard InChI is InChI=1S/C19H20N2O4/c22-19(11-14-3-4-17-18(10-14)24-13-23-17)21-9-1-2-16(12-21)25-15-5-7-20-8-6-15/h3-8,10,16H,1-2,9,11-13H2. The van der Waals surface area contributed by atoms with Gasteiger partial charge in [-0.3, -0.25) is 9.78 Å². The van der Waals surface area contributed by atoms with Crippen LogP contribution in [0.4, 0.5) is 0 Å². The Bertz CT molecular complexity index is 750. The van der Waals surface area contributed by atoms with Crippen LogP contribution in [0.25, 0.3) is 0 Å². The number of carbonyl (C=O) groups excluding carboxylic acids is 1. The van der Waals surface area contributed by atoms with Gasteiger partial charge in [0.1, 0.15) is 11.9 Å². The largest absolute Gasteiger partial charge is 0.488 e. The minimum absolute atomic E-state index is 0.0249. The number of nitrogens with zero attached hydrogens (tertiary/aromatic N) is 2. The number of benzene rings is 1. The second-order valence-corrected chi connectivity index (χ2v) is 6.27. The van der Waals surface area contributed by atoms with Gasteiger partial charge in [-0.2, -0.15) is 0 Å². The molecule has 6 heteroatoms. The summed E-state index contributed by atoms with van der Waals surface area (Å²) < 4.78 is 16.7. The molecule has 1 saturated heterocycles. The Kier molecular flexibility index (Phi) is 4.41. The van der Waals surface area contributed by atoms with Crippen molar-refractivity contribution in [1.82, 2.24) is 9.88 Å². The lowest BCUT2D eigenvalue weighted by Gasteiger charge is -2.33. The molecule has 1 amide bonds. The number of fused-ring (bicyclic) bond motifs is 1. The second-order valence-electron chi connectivity index (χ2n) is 6.27.